The molecular formula is C15H22O3Si. The van der Waals surface area contributed by atoms with Crippen LogP contribution >= 0.6 is 0 Å². The number of rotatable bonds is 3. The largest absolute Gasteiger partial charge is 0.543 e. The van der Waals surface area contributed by atoms with E-state index in [4.69, 9.17) is 13.6 Å². The Morgan fingerprint density at radius 3 is 2.42 bits per heavy atom. The molecule has 0 bridgehead atoms. The quantitative estimate of drug-likeness (QED) is 0.754. The molecule has 0 amide bonds. The number of ether oxygens (including phenoxy) is 1. The van der Waals surface area contributed by atoms with Crippen LogP contribution in [0.4, 0.5) is 0 Å². The molecule has 0 atom stereocenters. The molecule has 0 unspecified atom stereocenters. The van der Waals surface area contributed by atoms with Gasteiger partial charge in [0.05, 0.1) is 18.8 Å². The molecule has 0 saturated heterocycles. The van der Waals surface area contributed by atoms with Crippen molar-refractivity contribution in [2.24, 2.45) is 0 Å². The molecule has 0 N–H and O–H groups in total. The minimum absolute atomic E-state index is 0.159. The summed E-state index contributed by atoms with van der Waals surface area (Å²) in [6.07, 6.45) is 1.68. The monoisotopic (exact) mass is 278 g/mol. The van der Waals surface area contributed by atoms with Crippen molar-refractivity contribution in [1.82, 2.24) is 0 Å². The van der Waals surface area contributed by atoms with Crippen LogP contribution in [0.2, 0.25) is 18.1 Å². The van der Waals surface area contributed by atoms with Gasteiger partial charge in [-0.2, -0.15) is 0 Å². The number of methoxy groups -OCH3 is 1. The highest BCUT2D eigenvalue weighted by Gasteiger charge is 2.39. The van der Waals surface area contributed by atoms with Gasteiger partial charge < -0.3 is 13.6 Å². The Balaban J connectivity index is 2.47. The first kappa shape index (κ1) is 14.0. The zero-order valence-corrected chi connectivity index (χ0v) is 13.5. The van der Waals surface area contributed by atoms with E-state index in [9.17, 15) is 0 Å². The van der Waals surface area contributed by atoms with Gasteiger partial charge in [0, 0.05) is 12.1 Å². The Hall–Kier alpha value is -1.42. The molecule has 0 fully saturated rings. The van der Waals surface area contributed by atoms with E-state index in [1.165, 1.54) is 0 Å². The van der Waals surface area contributed by atoms with Gasteiger partial charge in [-0.25, -0.2) is 0 Å². The molecule has 0 aliphatic heterocycles. The molecule has 0 radical (unpaired) electrons. The van der Waals surface area contributed by atoms with Gasteiger partial charge in [0.25, 0.3) is 8.32 Å². The fraction of sp³-hybridized carbons (Fsp3) is 0.467. The van der Waals surface area contributed by atoms with Crippen LogP contribution in [-0.2, 0) is 0 Å². The summed E-state index contributed by atoms with van der Waals surface area (Å²) in [6.45, 7) is 11.2. The predicted octanol–water partition coefficient (Wildman–Crippen LogP) is 4.83. The Labute approximate surface area is 115 Å². The second-order valence-corrected chi connectivity index (χ2v) is 11.0. The van der Waals surface area contributed by atoms with Gasteiger partial charge >= 0.3 is 0 Å². The van der Waals surface area contributed by atoms with Crippen molar-refractivity contribution in [3.8, 4) is 11.5 Å². The maximum atomic E-state index is 6.38. The van der Waals surface area contributed by atoms with Crippen LogP contribution in [0.3, 0.4) is 0 Å². The Morgan fingerprint density at radius 1 is 1.16 bits per heavy atom. The van der Waals surface area contributed by atoms with Crippen LogP contribution in [0.1, 0.15) is 20.8 Å². The lowest BCUT2D eigenvalue weighted by molar-refractivity contribution is 0.411. The summed E-state index contributed by atoms with van der Waals surface area (Å²) < 4.78 is 17.1. The average molecular weight is 278 g/mol. The maximum absolute atomic E-state index is 6.38. The Kier molecular flexibility index (Phi) is 3.39. The lowest BCUT2D eigenvalue weighted by Crippen LogP contribution is -2.43. The van der Waals surface area contributed by atoms with Gasteiger partial charge in [-0.15, -0.1) is 0 Å². The fourth-order valence-electron chi connectivity index (χ4n) is 1.64. The summed E-state index contributed by atoms with van der Waals surface area (Å²) in [7, 11) is -0.216. The van der Waals surface area contributed by atoms with Gasteiger partial charge in [-0.3, -0.25) is 0 Å². The number of benzene rings is 1. The second kappa shape index (κ2) is 4.60. The smallest absolute Gasteiger partial charge is 0.250 e. The van der Waals surface area contributed by atoms with Crippen molar-refractivity contribution < 1.29 is 13.6 Å². The highest BCUT2D eigenvalue weighted by Crippen LogP contribution is 2.40. The molecule has 0 saturated carbocycles. The molecule has 0 aliphatic carbocycles. The number of furan rings is 1. The number of hydrogen-bond acceptors (Lipinski definition) is 3. The van der Waals surface area contributed by atoms with E-state index in [-0.39, 0.29) is 5.04 Å². The molecule has 1 aromatic carbocycles. The predicted molar refractivity (Wildman–Crippen MR) is 80.6 cm³/mol. The third kappa shape index (κ3) is 2.63. The summed E-state index contributed by atoms with van der Waals surface area (Å²) in [4.78, 5) is 0. The molecule has 0 spiro atoms. The number of fused-ring (bicyclic) bond motifs is 1. The highest BCUT2D eigenvalue weighted by atomic mass is 28.4. The normalized spacial score (nSPS) is 12.7. The van der Waals surface area contributed by atoms with Crippen LogP contribution in [0.5, 0.6) is 11.5 Å². The summed E-state index contributed by atoms with van der Waals surface area (Å²) in [5, 5.41) is 1.16. The van der Waals surface area contributed by atoms with Crippen molar-refractivity contribution in [2.45, 2.75) is 38.9 Å². The van der Waals surface area contributed by atoms with Gasteiger partial charge in [-0.1, -0.05) is 20.8 Å². The topological polar surface area (TPSA) is 31.6 Å². The first-order valence-electron chi connectivity index (χ1n) is 6.49. The van der Waals surface area contributed by atoms with Gasteiger partial charge in [0.15, 0.2) is 0 Å². The molecule has 0 aliphatic rings. The van der Waals surface area contributed by atoms with E-state index in [0.717, 1.165) is 22.5 Å². The zero-order chi connectivity index (χ0) is 14.3. The molecule has 19 heavy (non-hydrogen) atoms. The van der Waals surface area contributed by atoms with E-state index in [1.807, 2.05) is 18.2 Å². The van der Waals surface area contributed by atoms with Crippen molar-refractivity contribution in [2.75, 3.05) is 7.11 Å². The summed E-state index contributed by atoms with van der Waals surface area (Å²) in [5.74, 6) is 1.62. The van der Waals surface area contributed by atoms with E-state index < -0.39 is 8.32 Å². The van der Waals surface area contributed by atoms with E-state index in [2.05, 4.69) is 33.9 Å². The summed E-state index contributed by atoms with van der Waals surface area (Å²) >= 11 is 0. The minimum Gasteiger partial charge on any atom is -0.543 e. The minimum atomic E-state index is -1.87. The lowest BCUT2D eigenvalue weighted by Gasteiger charge is -2.36. The molecule has 1 aromatic heterocycles. The Morgan fingerprint density at radius 2 is 1.84 bits per heavy atom. The van der Waals surface area contributed by atoms with Gasteiger partial charge in [0.2, 0.25) is 0 Å². The number of hydrogen-bond donors (Lipinski definition) is 0. The van der Waals surface area contributed by atoms with Crippen LogP contribution in [0.25, 0.3) is 11.0 Å². The molecule has 4 heteroatoms. The molecular weight excluding hydrogens is 256 g/mol. The third-order valence-corrected chi connectivity index (χ3v) is 8.26. The third-order valence-electron chi connectivity index (χ3n) is 3.91. The molecule has 3 nitrogen and oxygen atoms in total. The second-order valence-electron chi connectivity index (χ2n) is 6.32. The Bertz CT molecular complexity index is 579. The van der Waals surface area contributed by atoms with Crippen molar-refractivity contribution >= 4 is 19.3 Å². The van der Waals surface area contributed by atoms with Crippen LogP contribution in [0.15, 0.2) is 28.9 Å². The standard InChI is InChI=1S/C15H22O3Si/c1-15(2,3)19(5,6)18-14-10-11(16-4)9-13-12(14)7-8-17-13/h7-10H,1-6H3. The summed E-state index contributed by atoms with van der Waals surface area (Å²) in [6, 6.07) is 5.77. The average Bonchev–Trinajstić information content (AvgIpc) is 2.75. The highest BCUT2D eigenvalue weighted by molar-refractivity contribution is 6.74. The molecule has 2 aromatic rings. The van der Waals surface area contributed by atoms with Gasteiger partial charge in [0.1, 0.15) is 17.1 Å². The van der Waals surface area contributed by atoms with Crippen molar-refractivity contribution in [1.29, 1.82) is 0 Å². The molecule has 2 rings (SSSR count). The molecule has 1 heterocycles. The maximum Gasteiger partial charge on any atom is 0.250 e. The van der Waals surface area contributed by atoms with Crippen molar-refractivity contribution in [3.05, 3.63) is 24.5 Å². The fourth-order valence-corrected chi connectivity index (χ4v) is 2.67. The van der Waals surface area contributed by atoms with Crippen LogP contribution < -0.4 is 9.16 Å². The zero-order valence-electron chi connectivity index (χ0n) is 12.5. The van der Waals surface area contributed by atoms with E-state index in [0.29, 0.717) is 0 Å². The molecule has 104 valence electrons. The van der Waals surface area contributed by atoms with E-state index in [1.54, 1.807) is 13.4 Å². The van der Waals surface area contributed by atoms with Crippen LogP contribution in [-0.4, -0.2) is 15.4 Å². The lowest BCUT2D eigenvalue weighted by atomic mass is 10.2. The summed E-state index contributed by atoms with van der Waals surface area (Å²) in [5.41, 5.74) is 0.799. The SMILES string of the molecule is COc1cc(O[Si](C)(C)C(C)(C)C)c2ccoc2c1. The first-order valence-corrected chi connectivity index (χ1v) is 9.40. The first-order chi connectivity index (χ1) is 8.74. The van der Waals surface area contributed by atoms with Gasteiger partial charge in [-0.05, 0) is 24.2 Å². The van der Waals surface area contributed by atoms with E-state index >= 15 is 0 Å². The van der Waals surface area contributed by atoms with Crippen molar-refractivity contribution in [3.63, 3.8) is 0 Å². The van der Waals surface area contributed by atoms with Crippen LogP contribution in [0, 0.1) is 0 Å².